The van der Waals surface area contributed by atoms with E-state index in [-0.39, 0.29) is 18.2 Å². The van der Waals surface area contributed by atoms with E-state index in [2.05, 4.69) is 0 Å². The van der Waals surface area contributed by atoms with Crippen molar-refractivity contribution in [2.75, 3.05) is 6.61 Å². The molecule has 0 bridgehead atoms. The van der Waals surface area contributed by atoms with E-state index in [0.29, 0.717) is 29.4 Å². The van der Waals surface area contributed by atoms with Gasteiger partial charge in [-0.3, -0.25) is 9.59 Å². The van der Waals surface area contributed by atoms with Crippen molar-refractivity contribution in [3.63, 3.8) is 0 Å². The lowest BCUT2D eigenvalue weighted by atomic mass is 10.1. The van der Waals surface area contributed by atoms with Gasteiger partial charge in [-0.25, -0.2) is 0 Å². The van der Waals surface area contributed by atoms with Gasteiger partial charge in [0.25, 0.3) is 0 Å². The molecule has 3 aromatic rings. The van der Waals surface area contributed by atoms with Crippen LogP contribution in [0.1, 0.15) is 34.2 Å². The number of carbonyl (C=O) groups excluding carboxylic acids is 2. The highest BCUT2D eigenvalue weighted by atomic mass is 35.5. The van der Waals surface area contributed by atoms with Crippen LogP contribution in [0.2, 0.25) is 5.02 Å². The summed E-state index contributed by atoms with van der Waals surface area (Å²) in [5.41, 5.74) is 2.87. The third kappa shape index (κ3) is 4.66. The highest BCUT2D eigenvalue weighted by Gasteiger charge is 2.19. The highest BCUT2D eigenvalue weighted by molar-refractivity contribution is 6.30. The molecule has 0 radical (unpaired) electrons. The Labute approximate surface area is 163 Å². The predicted octanol–water partition coefficient (Wildman–Crippen LogP) is 4.53. The van der Waals surface area contributed by atoms with Gasteiger partial charge >= 0.3 is 5.97 Å². The molecule has 0 aliphatic carbocycles. The van der Waals surface area contributed by atoms with Crippen LogP contribution in [0.4, 0.5) is 0 Å². The van der Waals surface area contributed by atoms with Crippen LogP contribution in [0.5, 0.6) is 0 Å². The first-order valence-corrected chi connectivity index (χ1v) is 9.14. The van der Waals surface area contributed by atoms with Crippen molar-refractivity contribution in [3.8, 4) is 0 Å². The Kier molecular flexibility index (Phi) is 6.09. The molecular formula is C22H20ClNO3. The molecule has 27 heavy (non-hydrogen) atoms. The molecule has 0 saturated carbocycles. The van der Waals surface area contributed by atoms with Gasteiger partial charge in [0.2, 0.25) is 5.78 Å². The van der Waals surface area contributed by atoms with Crippen molar-refractivity contribution in [3.05, 3.63) is 94.3 Å². The number of carbonyl (C=O) groups is 2. The highest BCUT2D eigenvalue weighted by Crippen LogP contribution is 2.19. The third-order valence-corrected chi connectivity index (χ3v) is 4.48. The standard InChI is InChI=1S/C22H20ClNO3/c1-2-27-21(25)14-19-12-13-20(22(26)17-8-10-18(23)11-9-17)24(19)15-16-6-4-3-5-7-16/h3-13H,2,14-15H2,1H3. The normalized spacial score (nSPS) is 10.6. The minimum absolute atomic E-state index is 0.113. The van der Waals surface area contributed by atoms with Gasteiger partial charge in [-0.15, -0.1) is 0 Å². The Morgan fingerprint density at radius 3 is 2.33 bits per heavy atom. The summed E-state index contributed by atoms with van der Waals surface area (Å²) in [4.78, 5) is 25.0. The monoisotopic (exact) mass is 381 g/mol. The molecule has 0 N–H and O–H groups in total. The predicted molar refractivity (Wildman–Crippen MR) is 105 cm³/mol. The van der Waals surface area contributed by atoms with Crippen molar-refractivity contribution >= 4 is 23.4 Å². The van der Waals surface area contributed by atoms with Gasteiger partial charge in [0.1, 0.15) is 0 Å². The van der Waals surface area contributed by atoms with Gasteiger partial charge in [0, 0.05) is 22.8 Å². The van der Waals surface area contributed by atoms with E-state index in [9.17, 15) is 9.59 Å². The number of hydrogen-bond donors (Lipinski definition) is 0. The average Bonchev–Trinajstić information content (AvgIpc) is 3.05. The smallest absolute Gasteiger partial charge is 0.311 e. The van der Waals surface area contributed by atoms with Gasteiger partial charge in [0.05, 0.1) is 18.7 Å². The van der Waals surface area contributed by atoms with Crippen molar-refractivity contribution in [1.29, 1.82) is 0 Å². The van der Waals surface area contributed by atoms with Gasteiger partial charge < -0.3 is 9.30 Å². The number of aromatic nitrogens is 1. The fraction of sp³-hybridized carbons (Fsp3) is 0.182. The van der Waals surface area contributed by atoms with Crippen LogP contribution in [0.15, 0.2) is 66.7 Å². The summed E-state index contributed by atoms with van der Waals surface area (Å²) >= 11 is 5.92. The van der Waals surface area contributed by atoms with Gasteiger partial charge in [0.15, 0.2) is 0 Å². The van der Waals surface area contributed by atoms with Crippen LogP contribution in [0, 0.1) is 0 Å². The zero-order valence-corrected chi connectivity index (χ0v) is 15.8. The SMILES string of the molecule is CCOC(=O)Cc1ccc(C(=O)c2ccc(Cl)cc2)n1Cc1ccccc1. The van der Waals surface area contributed by atoms with Crippen LogP contribution < -0.4 is 0 Å². The van der Waals surface area contributed by atoms with Gasteiger partial charge in [-0.05, 0) is 48.9 Å². The molecule has 3 rings (SSSR count). The number of benzene rings is 2. The van der Waals surface area contributed by atoms with Crippen molar-refractivity contribution in [1.82, 2.24) is 4.57 Å². The molecule has 0 fully saturated rings. The zero-order chi connectivity index (χ0) is 19.2. The molecule has 0 spiro atoms. The van der Waals surface area contributed by atoms with Gasteiger partial charge in [-0.1, -0.05) is 41.9 Å². The Balaban J connectivity index is 1.97. The number of ketones is 1. The topological polar surface area (TPSA) is 48.3 Å². The van der Waals surface area contributed by atoms with Crippen molar-refractivity contribution < 1.29 is 14.3 Å². The number of ether oxygens (including phenoxy) is 1. The average molecular weight is 382 g/mol. The number of hydrogen-bond acceptors (Lipinski definition) is 3. The molecule has 5 heteroatoms. The second kappa shape index (κ2) is 8.69. The van der Waals surface area contributed by atoms with Crippen LogP contribution in [0.3, 0.4) is 0 Å². The molecule has 0 unspecified atom stereocenters. The number of nitrogens with zero attached hydrogens (tertiary/aromatic N) is 1. The quantitative estimate of drug-likeness (QED) is 0.446. The first kappa shape index (κ1) is 18.9. The molecule has 0 atom stereocenters. The van der Waals surface area contributed by atoms with Crippen molar-refractivity contribution in [2.24, 2.45) is 0 Å². The van der Waals surface area contributed by atoms with Crippen LogP contribution in [0.25, 0.3) is 0 Å². The van der Waals surface area contributed by atoms with Gasteiger partial charge in [-0.2, -0.15) is 0 Å². The van der Waals surface area contributed by atoms with E-state index >= 15 is 0 Å². The molecule has 0 saturated heterocycles. The first-order valence-electron chi connectivity index (χ1n) is 8.76. The van der Waals surface area contributed by atoms with E-state index in [4.69, 9.17) is 16.3 Å². The maximum absolute atomic E-state index is 13.0. The second-order valence-corrected chi connectivity index (χ2v) is 6.54. The summed E-state index contributed by atoms with van der Waals surface area (Å²) < 4.78 is 6.94. The lowest BCUT2D eigenvalue weighted by molar-refractivity contribution is -0.142. The van der Waals surface area contributed by atoms with E-state index in [0.717, 1.165) is 11.3 Å². The first-order chi connectivity index (χ1) is 13.1. The molecule has 1 heterocycles. The number of rotatable bonds is 7. The van der Waals surface area contributed by atoms with Crippen molar-refractivity contribution in [2.45, 2.75) is 19.9 Å². The maximum atomic E-state index is 13.0. The van der Waals surface area contributed by atoms with E-state index in [1.165, 1.54) is 0 Å². The summed E-state index contributed by atoms with van der Waals surface area (Å²) in [7, 11) is 0. The van der Waals surface area contributed by atoms with Crippen LogP contribution >= 0.6 is 11.6 Å². The van der Waals surface area contributed by atoms with E-state index in [1.807, 2.05) is 41.0 Å². The Bertz CT molecular complexity index is 930. The minimum atomic E-state index is -0.310. The largest absolute Gasteiger partial charge is 0.466 e. The molecule has 1 aromatic heterocycles. The maximum Gasteiger partial charge on any atom is 0.311 e. The fourth-order valence-electron chi connectivity index (χ4n) is 2.92. The molecule has 138 valence electrons. The summed E-state index contributed by atoms with van der Waals surface area (Å²) in [5, 5.41) is 0.578. The zero-order valence-electron chi connectivity index (χ0n) is 15.0. The molecule has 0 aliphatic heterocycles. The third-order valence-electron chi connectivity index (χ3n) is 4.22. The summed E-state index contributed by atoms with van der Waals surface area (Å²) in [6, 6.07) is 20.2. The molecule has 2 aromatic carbocycles. The molecule has 0 amide bonds. The summed E-state index contributed by atoms with van der Waals surface area (Å²) in [6.45, 7) is 2.60. The van der Waals surface area contributed by atoms with E-state index < -0.39 is 0 Å². The lowest BCUT2D eigenvalue weighted by Gasteiger charge is -2.13. The van der Waals surface area contributed by atoms with Crippen LogP contribution in [-0.4, -0.2) is 22.9 Å². The Morgan fingerprint density at radius 1 is 0.963 bits per heavy atom. The fourth-order valence-corrected chi connectivity index (χ4v) is 3.05. The summed E-state index contributed by atoms with van der Waals surface area (Å²) in [5.74, 6) is -0.423. The molecule has 0 aliphatic rings. The van der Waals surface area contributed by atoms with Crippen LogP contribution in [-0.2, 0) is 22.5 Å². The lowest BCUT2D eigenvalue weighted by Crippen LogP contribution is -2.16. The Hall–Kier alpha value is -2.85. The summed E-state index contributed by atoms with van der Waals surface area (Å²) in [6.07, 6.45) is 0.120. The number of halogens is 1. The number of esters is 1. The minimum Gasteiger partial charge on any atom is -0.466 e. The van der Waals surface area contributed by atoms with E-state index in [1.54, 1.807) is 37.3 Å². The molecule has 4 nitrogen and oxygen atoms in total. The Morgan fingerprint density at radius 2 is 1.67 bits per heavy atom. The second-order valence-electron chi connectivity index (χ2n) is 6.10. The molecular weight excluding hydrogens is 362 g/mol.